The molecule has 0 fully saturated rings. The molecule has 1 aliphatic heterocycles. The predicted molar refractivity (Wildman–Crippen MR) is 132 cm³/mol. The van der Waals surface area contributed by atoms with Crippen molar-refractivity contribution in [2.45, 2.75) is 65.7 Å². The molecule has 4 unspecified atom stereocenters. The van der Waals surface area contributed by atoms with Crippen LogP contribution in [0, 0.1) is 11.8 Å². The fraction of sp³-hybridized carbons (Fsp3) is 0.500. The van der Waals surface area contributed by atoms with Crippen molar-refractivity contribution in [2.24, 2.45) is 11.8 Å². The topological polar surface area (TPSA) is 148 Å². The number of ketones is 1. The van der Waals surface area contributed by atoms with Gasteiger partial charge in [-0.2, -0.15) is 0 Å². The molecule has 0 aromatic carbocycles. The Kier molecular flexibility index (Phi) is 10.8. The quantitative estimate of drug-likeness (QED) is 0.495. The van der Waals surface area contributed by atoms with E-state index < -0.39 is 30.1 Å². The minimum atomic E-state index is -1.01. The summed E-state index contributed by atoms with van der Waals surface area (Å²) in [6, 6.07) is -0.974. The van der Waals surface area contributed by atoms with Gasteiger partial charge in [-0.1, -0.05) is 50.6 Å². The third-order valence-corrected chi connectivity index (χ3v) is 5.48. The minimum Gasteiger partial charge on any atom is -0.460 e. The van der Waals surface area contributed by atoms with Gasteiger partial charge < -0.3 is 24.9 Å². The number of nitrogens with one attached hydrogen (secondary N) is 2. The largest absolute Gasteiger partial charge is 0.460 e. The van der Waals surface area contributed by atoms with Crippen molar-refractivity contribution < 1.29 is 33.4 Å². The van der Waals surface area contributed by atoms with Crippen LogP contribution in [0.5, 0.6) is 0 Å². The highest BCUT2D eigenvalue weighted by Crippen LogP contribution is 2.19. The Labute approximate surface area is 210 Å². The van der Waals surface area contributed by atoms with Crippen molar-refractivity contribution >= 4 is 23.6 Å². The van der Waals surface area contributed by atoms with Crippen LogP contribution in [0.4, 0.5) is 0 Å². The number of carbonyl (C=O) groups excluding carboxylic acids is 4. The number of rotatable bonds is 1. The summed E-state index contributed by atoms with van der Waals surface area (Å²) in [5.41, 5.74) is 0.637. The number of cyclic esters (lactones) is 1. The molecule has 4 atom stereocenters. The van der Waals surface area contributed by atoms with Crippen LogP contribution in [0.1, 0.15) is 57.4 Å². The van der Waals surface area contributed by atoms with Gasteiger partial charge in [-0.3, -0.25) is 14.4 Å². The Morgan fingerprint density at radius 3 is 2.56 bits per heavy atom. The van der Waals surface area contributed by atoms with E-state index in [9.17, 15) is 24.3 Å². The van der Waals surface area contributed by atoms with E-state index in [4.69, 9.17) is 9.15 Å². The summed E-state index contributed by atoms with van der Waals surface area (Å²) in [5.74, 6) is -2.20. The van der Waals surface area contributed by atoms with Crippen LogP contribution >= 0.6 is 0 Å². The summed E-state index contributed by atoms with van der Waals surface area (Å²) in [6.45, 7) is 9.15. The highest BCUT2D eigenvalue weighted by atomic mass is 16.5. The van der Waals surface area contributed by atoms with Gasteiger partial charge in [0.05, 0.1) is 12.5 Å². The van der Waals surface area contributed by atoms with Gasteiger partial charge in [0.25, 0.3) is 5.91 Å². The number of oxazole rings is 1. The number of aliphatic hydroxyl groups is 1. The van der Waals surface area contributed by atoms with Crippen LogP contribution in [0.3, 0.4) is 0 Å². The van der Waals surface area contributed by atoms with Gasteiger partial charge in [-0.15, -0.1) is 0 Å². The number of aromatic nitrogens is 1. The smallest absolute Gasteiger partial charge is 0.328 e. The maximum absolute atomic E-state index is 12.7. The number of allylic oxidation sites excluding steroid dienone is 2. The monoisotopic (exact) mass is 501 g/mol. The Morgan fingerprint density at radius 2 is 1.86 bits per heavy atom. The molecule has 2 amide bonds. The fourth-order valence-corrected chi connectivity index (χ4v) is 3.62. The van der Waals surface area contributed by atoms with E-state index in [1.54, 1.807) is 25.2 Å². The van der Waals surface area contributed by atoms with Crippen LogP contribution < -0.4 is 10.6 Å². The second kappa shape index (κ2) is 13.5. The van der Waals surface area contributed by atoms with E-state index in [1.165, 1.54) is 19.1 Å². The molecule has 0 radical (unpaired) electrons. The van der Waals surface area contributed by atoms with Crippen molar-refractivity contribution in [3.05, 3.63) is 53.8 Å². The number of hydrogen-bond acceptors (Lipinski definition) is 8. The third-order valence-electron chi connectivity index (χ3n) is 5.48. The summed E-state index contributed by atoms with van der Waals surface area (Å²) in [7, 11) is 0. The van der Waals surface area contributed by atoms with Crippen LogP contribution in [0.2, 0.25) is 0 Å². The van der Waals surface area contributed by atoms with E-state index in [0.717, 1.165) is 11.8 Å². The Bertz CT molecular complexity index is 1040. The number of ether oxygens (including phenoxy) is 1. The van der Waals surface area contributed by atoms with Crippen molar-refractivity contribution in [3.8, 4) is 0 Å². The second-order valence-corrected chi connectivity index (χ2v) is 9.23. The number of fused-ring (bicyclic) bond motifs is 2. The Morgan fingerprint density at radius 1 is 1.14 bits per heavy atom. The van der Waals surface area contributed by atoms with Crippen LogP contribution in [0.25, 0.3) is 0 Å². The molecule has 36 heavy (non-hydrogen) atoms. The molecule has 0 saturated heterocycles. The number of amides is 2. The number of carbonyl (C=O) groups is 4. The lowest BCUT2D eigenvalue weighted by Crippen LogP contribution is -2.42. The lowest BCUT2D eigenvalue weighted by Gasteiger charge is -2.27. The van der Waals surface area contributed by atoms with Gasteiger partial charge in [0, 0.05) is 18.9 Å². The van der Waals surface area contributed by atoms with Crippen molar-refractivity contribution in [1.29, 1.82) is 0 Å². The summed E-state index contributed by atoms with van der Waals surface area (Å²) >= 11 is 0. The van der Waals surface area contributed by atoms with Crippen molar-refractivity contribution in [3.63, 3.8) is 0 Å². The number of hydrogen-bond donors (Lipinski definition) is 3. The minimum absolute atomic E-state index is 0.0304. The summed E-state index contributed by atoms with van der Waals surface area (Å²) in [4.78, 5) is 53.7. The molecule has 1 aliphatic rings. The zero-order valence-corrected chi connectivity index (χ0v) is 21.3. The standard InChI is InChI=1S/C26H35N3O7/c1-15(2)24-17(4)8-9-22(32)27-10-6-7-16(3)11-19(30)12-20(31)13-23-29-21(14-35-23)25(33)28-18(5)26(34)36-24/h6-9,11,14-15,17-19,24,30H,10,12-13H2,1-5H3,(H,27,32)(H,28,33)/b7-6+,9-8+,16-11+. The molecule has 1 aromatic heterocycles. The summed E-state index contributed by atoms with van der Waals surface area (Å²) in [6.07, 6.45) is 7.27. The first-order valence-electron chi connectivity index (χ1n) is 11.9. The van der Waals surface area contributed by atoms with E-state index in [1.807, 2.05) is 20.8 Å². The SMILES string of the molecule is CC1=C\C(O)CC(=O)Cc2nc(co2)C(=O)NC(C)C(=O)OC(C(C)C)C(C)/C=C/C(=O)NC\C=C\1. The van der Waals surface area contributed by atoms with Gasteiger partial charge in [0.15, 0.2) is 5.69 Å². The number of nitrogens with zero attached hydrogens (tertiary/aromatic N) is 1. The Hall–Kier alpha value is -3.53. The van der Waals surface area contributed by atoms with Gasteiger partial charge in [-0.25, -0.2) is 9.78 Å². The summed E-state index contributed by atoms with van der Waals surface area (Å²) < 4.78 is 10.9. The molecule has 1 aromatic rings. The van der Waals surface area contributed by atoms with Gasteiger partial charge >= 0.3 is 5.97 Å². The molecule has 2 heterocycles. The van der Waals surface area contributed by atoms with Gasteiger partial charge in [0.2, 0.25) is 11.8 Å². The Balaban J connectivity index is 2.25. The molecule has 3 N–H and O–H groups in total. The highest BCUT2D eigenvalue weighted by Gasteiger charge is 2.28. The first-order valence-corrected chi connectivity index (χ1v) is 11.9. The van der Waals surface area contributed by atoms with Crippen molar-refractivity contribution in [2.75, 3.05) is 6.54 Å². The predicted octanol–water partition coefficient (Wildman–Crippen LogP) is 2.05. The van der Waals surface area contributed by atoms with Crippen molar-refractivity contribution in [1.82, 2.24) is 15.6 Å². The molecule has 196 valence electrons. The van der Waals surface area contributed by atoms with E-state index in [0.29, 0.717) is 0 Å². The maximum atomic E-state index is 12.7. The molecule has 2 bridgehead atoms. The van der Waals surface area contributed by atoms with Crippen LogP contribution in [-0.4, -0.2) is 58.5 Å². The molecule has 0 saturated carbocycles. The van der Waals surface area contributed by atoms with E-state index >= 15 is 0 Å². The normalized spacial score (nSPS) is 28.9. The molecular formula is C26H35N3O7. The van der Waals surface area contributed by atoms with Crippen LogP contribution in [0.15, 0.2) is 46.6 Å². The lowest BCUT2D eigenvalue weighted by atomic mass is 9.94. The molecule has 0 spiro atoms. The average Bonchev–Trinajstić information content (AvgIpc) is 3.25. The number of Topliss-reactive ketones (excluding diaryl/α,β-unsaturated/α-hetero) is 1. The fourth-order valence-electron chi connectivity index (χ4n) is 3.62. The summed E-state index contributed by atoms with van der Waals surface area (Å²) in [5, 5.41) is 15.4. The van der Waals surface area contributed by atoms with Crippen LogP contribution in [-0.2, 0) is 25.5 Å². The molecule has 2 rings (SSSR count). The number of esters is 1. The van der Waals surface area contributed by atoms with Gasteiger partial charge in [0.1, 0.15) is 24.2 Å². The highest BCUT2D eigenvalue weighted by molar-refractivity contribution is 5.95. The average molecular weight is 502 g/mol. The lowest BCUT2D eigenvalue weighted by molar-refractivity contribution is -0.155. The van der Waals surface area contributed by atoms with E-state index in [2.05, 4.69) is 15.6 Å². The van der Waals surface area contributed by atoms with Gasteiger partial charge in [-0.05, 0) is 25.8 Å². The molecule has 10 nitrogen and oxygen atoms in total. The maximum Gasteiger partial charge on any atom is 0.328 e. The third kappa shape index (κ3) is 9.26. The molecule has 10 heteroatoms. The number of aliphatic hydroxyl groups excluding tert-OH is 1. The zero-order chi connectivity index (χ0) is 26.8. The molecular weight excluding hydrogens is 466 g/mol. The molecule has 0 aliphatic carbocycles. The van der Waals surface area contributed by atoms with E-state index in [-0.39, 0.29) is 54.5 Å². The second-order valence-electron chi connectivity index (χ2n) is 9.23. The first-order chi connectivity index (χ1) is 17.0. The zero-order valence-electron chi connectivity index (χ0n) is 21.3. The first kappa shape index (κ1) is 28.7.